The molecule has 1 heterocycles. The van der Waals surface area contributed by atoms with Gasteiger partial charge >= 0.3 is 0 Å². The molecule has 5 heteroatoms. The summed E-state index contributed by atoms with van der Waals surface area (Å²) in [7, 11) is 0. The minimum absolute atomic E-state index is 0.209. The monoisotopic (exact) mass is 271 g/mol. The van der Waals surface area contributed by atoms with Gasteiger partial charge in [0.1, 0.15) is 18.6 Å². The molecule has 2 rings (SSSR count). The predicted octanol–water partition coefficient (Wildman–Crippen LogP) is 2.20. The van der Waals surface area contributed by atoms with Crippen LogP contribution in [0.25, 0.3) is 0 Å². The lowest BCUT2D eigenvalue weighted by Gasteiger charge is -2.06. The second kappa shape index (κ2) is 7.23. The van der Waals surface area contributed by atoms with E-state index >= 15 is 0 Å². The Labute approximate surface area is 118 Å². The Bertz CT molecular complexity index is 558. The summed E-state index contributed by atoms with van der Waals surface area (Å²) >= 11 is 0. The van der Waals surface area contributed by atoms with Crippen LogP contribution in [0.1, 0.15) is 29.4 Å². The second-order valence-corrected chi connectivity index (χ2v) is 4.27. The zero-order chi connectivity index (χ0) is 14.2. The minimum atomic E-state index is -0.209. The molecular formula is C15H17N3O2. The molecule has 0 bridgehead atoms. The Morgan fingerprint density at radius 1 is 1.25 bits per heavy atom. The van der Waals surface area contributed by atoms with Gasteiger partial charge in [0.2, 0.25) is 5.88 Å². The molecule has 1 N–H and O–H groups in total. The third-order valence-electron chi connectivity index (χ3n) is 2.64. The molecule has 0 unspecified atom stereocenters. The van der Waals surface area contributed by atoms with E-state index in [2.05, 4.69) is 15.3 Å². The van der Waals surface area contributed by atoms with E-state index in [1.807, 2.05) is 37.3 Å². The summed E-state index contributed by atoms with van der Waals surface area (Å²) in [6.07, 6.45) is 2.22. The second-order valence-electron chi connectivity index (χ2n) is 4.27. The largest absolute Gasteiger partial charge is 0.473 e. The summed E-state index contributed by atoms with van der Waals surface area (Å²) < 4.78 is 5.56. The number of rotatable bonds is 6. The molecule has 0 spiro atoms. The highest BCUT2D eigenvalue weighted by Gasteiger charge is 2.08. The molecule has 0 saturated carbocycles. The third kappa shape index (κ3) is 4.05. The Morgan fingerprint density at radius 3 is 2.80 bits per heavy atom. The van der Waals surface area contributed by atoms with Crippen LogP contribution in [0.5, 0.6) is 5.88 Å². The SMILES string of the molecule is CCCNC(=O)c1cc(OCc2ccccc2)ncn1. The van der Waals surface area contributed by atoms with Crippen LogP contribution in [0, 0.1) is 0 Å². The molecule has 0 aliphatic heterocycles. The molecular weight excluding hydrogens is 254 g/mol. The number of nitrogens with one attached hydrogen (secondary N) is 1. The normalized spacial score (nSPS) is 10.1. The third-order valence-corrected chi connectivity index (χ3v) is 2.64. The van der Waals surface area contributed by atoms with Crippen molar-refractivity contribution in [1.29, 1.82) is 0 Å². The molecule has 0 aliphatic carbocycles. The van der Waals surface area contributed by atoms with Crippen molar-refractivity contribution < 1.29 is 9.53 Å². The van der Waals surface area contributed by atoms with E-state index in [-0.39, 0.29) is 5.91 Å². The highest BCUT2D eigenvalue weighted by atomic mass is 16.5. The average Bonchev–Trinajstić information content (AvgIpc) is 2.52. The lowest BCUT2D eigenvalue weighted by molar-refractivity contribution is 0.0947. The van der Waals surface area contributed by atoms with Crippen LogP contribution in [-0.4, -0.2) is 22.4 Å². The van der Waals surface area contributed by atoms with Gasteiger partial charge in [0.15, 0.2) is 0 Å². The van der Waals surface area contributed by atoms with Crippen LogP contribution in [0.2, 0.25) is 0 Å². The lowest BCUT2D eigenvalue weighted by atomic mass is 10.2. The fourth-order valence-corrected chi connectivity index (χ4v) is 1.60. The number of hydrogen-bond acceptors (Lipinski definition) is 4. The summed E-state index contributed by atoms with van der Waals surface area (Å²) in [5, 5.41) is 2.76. The van der Waals surface area contributed by atoms with E-state index in [9.17, 15) is 4.79 Å². The first-order valence-electron chi connectivity index (χ1n) is 6.56. The van der Waals surface area contributed by atoms with Gasteiger partial charge in [-0.3, -0.25) is 4.79 Å². The number of carbonyl (C=O) groups is 1. The maximum Gasteiger partial charge on any atom is 0.270 e. The zero-order valence-corrected chi connectivity index (χ0v) is 11.4. The average molecular weight is 271 g/mol. The first-order valence-corrected chi connectivity index (χ1v) is 6.56. The number of benzene rings is 1. The molecule has 0 atom stereocenters. The van der Waals surface area contributed by atoms with Gasteiger partial charge < -0.3 is 10.1 Å². The van der Waals surface area contributed by atoms with E-state index in [4.69, 9.17) is 4.74 Å². The van der Waals surface area contributed by atoms with Crippen LogP contribution < -0.4 is 10.1 Å². The van der Waals surface area contributed by atoms with Crippen molar-refractivity contribution in [1.82, 2.24) is 15.3 Å². The predicted molar refractivity (Wildman–Crippen MR) is 75.4 cm³/mol. The number of nitrogens with zero attached hydrogens (tertiary/aromatic N) is 2. The molecule has 0 radical (unpaired) electrons. The van der Waals surface area contributed by atoms with E-state index < -0.39 is 0 Å². The first-order chi connectivity index (χ1) is 9.79. The maximum atomic E-state index is 11.8. The van der Waals surface area contributed by atoms with Crippen molar-refractivity contribution >= 4 is 5.91 Å². The van der Waals surface area contributed by atoms with Crippen molar-refractivity contribution in [3.8, 4) is 5.88 Å². The van der Waals surface area contributed by atoms with Gasteiger partial charge in [-0.1, -0.05) is 37.3 Å². The highest BCUT2D eigenvalue weighted by molar-refractivity contribution is 5.92. The number of amides is 1. The van der Waals surface area contributed by atoms with Crippen molar-refractivity contribution in [2.75, 3.05) is 6.54 Å². The summed E-state index contributed by atoms with van der Waals surface area (Å²) in [5.41, 5.74) is 1.36. The van der Waals surface area contributed by atoms with Gasteiger partial charge in [0, 0.05) is 12.6 Å². The summed E-state index contributed by atoms with van der Waals surface area (Å²) in [5.74, 6) is 0.185. The summed E-state index contributed by atoms with van der Waals surface area (Å²) in [4.78, 5) is 19.7. The van der Waals surface area contributed by atoms with Gasteiger partial charge in [0.25, 0.3) is 5.91 Å². The molecule has 0 aliphatic rings. The summed E-state index contributed by atoms with van der Waals surface area (Å²) in [6.45, 7) is 3.03. The zero-order valence-electron chi connectivity index (χ0n) is 11.4. The highest BCUT2D eigenvalue weighted by Crippen LogP contribution is 2.10. The van der Waals surface area contributed by atoms with Crippen molar-refractivity contribution in [2.24, 2.45) is 0 Å². The minimum Gasteiger partial charge on any atom is -0.473 e. The van der Waals surface area contributed by atoms with Crippen LogP contribution in [0.15, 0.2) is 42.7 Å². The number of ether oxygens (including phenoxy) is 1. The van der Waals surface area contributed by atoms with Gasteiger partial charge in [0.05, 0.1) is 0 Å². The fraction of sp³-hybridized carbons (Fsp3) is 0.267. The topological polar surface area (TPSA) is 64.1 Å². The number of aromatic nitrogens is 2. The molecule has 104 valence electrons. The Kier molecular flexibility index (Phi) is 5.06. The lowest BCUT2D eigenvalue weighted by Crippen LogP contribution is -2.25. The molecule has 0 fully saturated rings. The van der Waals surface area contributed by atoms with E-state index in [1.165, 1.54) is 6.33 Å². The molecule has 1 aromatic heterocycles. The molecule has 1 amide bonds. The molecule has 1 aromatic carbocycles. The Morgan fingerprint density at radius 2 is 2.05 bits per heavy atom. The number of hydrogen-bond donors (Lipinski definition) is 1. The number of carbonyl (C=O) groups excluding carboxylic acids is 1. The maximum absolute atomic E-state index is 11.8. The quantitative estimate of drug-likeness (QED) is 0.874. The Balaban J connectivity index is 1.97. The van der Waals surface area contributed by atoms with Gasteiger partial charge in [-0.25, -0.2) is 9.97 Å². The van der Waals surface area contributed by atoms with Crippen LogP contribution in [0.4, 0.5) is 0 Å². The smallest absolute Gasteiger partial charge is 0.270 e. The van der Waals surface area contributed by atoms with Crippen molar-refractivity contribution in [3.63, 3.8) is 0 Å². The standard InChI is InChI=1S/C15H17N3O2/c1-2-8-16-15(19)13-9-14(18-11-17-13)20-10-12-6-4-3-5-7-12/h3-7,9,11H,2,8,10H2,1H3,(H,16,19). The van der Waals surface area contributed by atoms with Crippen molar-refractivity contribution in [3.05, 3.63) is 54.0 Å². The van der Waals surface area contributed by atoms with Gasteiger partial charge in [-0.05, 0) is 12.0 Å². The first kappa shape index (κ1) is 14.0. The van der Waals surface area contributed by atoms with Crippen LogP contribution in [0.3, 0.4) is 0 Å². The van der Waals surface area contributed by atoms with Crippen LogP contribution >= 0.6 is 0 Å². The van der Waals surface area contributed by atoms with Crippen molar-refractivity contribution in [2.45, 2.75) is 20.0 Å². The molecule has 20 heavy (non-hydrogen) atoms. The van der Waals surface area contributed by atoms with E-state index in [0.717, 1.165) is 12.0 Å². The van der Waals surface area contributed by atoms with Gasteiger partial charge in [-0.2, -0.15) is 0 Å². The van der Waals surface area contributed by atoms with E-state index in [0.29, 0.717) is 24.7 Å². The Hall–Kier alpha value is -2.43. The van der Waals surface area contributed by atoms with E-state index in [1.54, 1.807) is 6.07 Å². The summed E-state index contributed by atoms with van der Waals surface area (Å²) in [6, 6.07) is 11.3. The molecule has 5 nitrogen and oxygen atoms in total. The fourth-order valence-electron chi connectivity index (χ4n) is 1.60. The van der Waals surface area contributed by atoms with Crippen LogP contribution in [-0.2, 0) is 6.61 Å². The molecule has 2 aromatic rings. The van der Waals surface area contributed by atoms with Gasteiger partial charge in [-0.15, -0.1) is 0 Å². The molecule has 0 saturated heterocycles.